The topological polar surface area (TPSA) is 158 Å². The van der Waals surface area contributed by atoms with Crippen LogP contribution in [0.1, 0.15) is 31.1 Å². The van der Waals surface area contributed by atoms with Crippen LogP contribution < -0.4 is 4.74 Å². The zero-order valence-corrected chi connectivity index (χ0v) is 13.1. The second kappa shape index (κ2) is 15.3. The molecule has 23 heavy (non-hydrogen) atoms. The number of hydrogen-bond donors (Lipinski definition) is 4. The minimum absolute atomic E-state index is 0.0399. The van der Waals surface area contributed by atoms with Gasteiger partial charge in [-0.15, -0.1) is 0 Å². The van der Waals surface area contributed by atoms with Crippen molar-refractivity contribution in [3.8, 4) is 11.5 Å². The summed E-state index contributed by atoms with van der Waals surface area (Å²) < 4.78 is 4.78. The second-order valence-electron chi connectivity index (χ2n) is 3.61. The summed E-state index contributed by atoms with van der Waals surface area (Å²) in [6.45, 7) is 3.25. The van der Waals surface area contributed by atoms with E-state index in [-0.39, 0.29) is 5.75 Å². The van der Waals surface area contributed by atoms with E-state index >= 15 is 0 Å². The molecule has 0 bridgehead atoms. The van der Waals surface area contributed by atoms with Gasteiger partial charge in [0.1, 0.15) is 6.29 Å². The van der Waals surface area contributed by atoms with E-state index in [4.69, 9.17) is 39.5 Å². The molecule has 9 heteroatoms. The van der Waals surface area contributed by atoms with Crippen molar-refractivity contribution in [1.82, 2.24) is 0 Å². The van der Waals surface area contributed by atoms with Crippen LogP contribution in [0.5, 0.6) is 11.5 Å². The highest BCUT2D eigenvalue weighted by Gasteiger charge is 2.00. The van der Waals surface area contributed by atoms with Gasteiger partial charge in [0, 0.05) is 26.3 Å². The molecule has 0 saturated carbocycles. The van der Waals surface area contributed by atoms with Gasteiger partial charge in [-0.3, -0.25) is 19.2 Å². The zero-order chi connectivity index (χ0) is 19.0. The Hall–Kier alpha value is -3.10. The van der Waals surface area contributed by atoms with Crippen LogP contribution in [-0.4, -0.2) is 51.7 Å². The number of methoxy groups -OCH3 is 1. The standard InChI is InChI=1S/C8H8O3.3C2H4O2/c1-11-8-4-6(5-9)2-3-7(8)10;3*1-2(3)4/h2-5,10H,1H3;3*1H3,(H,3,4). The molecule has 0 aromatic heterocycles. The first-order chi connectivity index (χ1) is 10.5. The first-order valence-electron chi connectivity index (χ1n) is 5.88. The highest BCUT2D eigenvalue weighted by atomic mass is 16.5. The van der Waals surface area contributed by atoms with Gasteiger partial charge in [0.25, 0.3) is 17.9 Å². The number of carbonyl (C=O) groups excluding carboxylic acids is 1. The number of rotatable bonds is 2. The van der Waals surface area contributed by atoms with Crippen molar-refractivity contribution >= 4 is 24.2 Å². The average Bonchev–Trinajstić information content (AvgIpc) is 2.37. The number of aldehydes is 1. The minimum Gasteiger partial charge on any atom is -0.504 e. The molecule has 0 atom stereocenters. The smallest absolute Gasteiger partial charge is 0.300 e. The molecule has 1 aromatic carbocycles. The maximum absolute atomic E-state index is 10.2. The number of ether oxygens (including phenoxy) is 1. The second-order valence-corrected chi connectivity index (χ2v) is 3.61. The summed E-state index contributed by atoms with van der Waals surface area (Å²) >= 11 is 0. The molecule has 0 aliphatic heterocycles. The largest absolute Gasteiger partial charge is 0.504 e. The van der Waals surface area contributed by atoms with E-state index in [1.807, 2.05) is 0 Å². The predicted octanol–water partition coefficient (Wildman–Crippen LogP) is 1.49. The van der Waals surface area contributed by atoms with Gasteiger partial charge >= 0.3 is 0 Å². The van der Waals surface area contributed by atoms with Crippen LogP contribution in [0.15, 0.2) is 18.2 Å². The van der Waals surface area contributed by atoms with E-state index in [1.54, 1.807) is 0 Å². The van der Waals surface area contributed by atoms with Gasteiger partial charge < -0.3 is 25.2 Å². The molecule has 9 nitrogen and oxygen atoms in total. The predicted molar refractivity (Wildman–Crippen MR) is 80.0 cm³/mol. The zero-order valence-electron chi connectivity index (χ0n) is 13.1. The van der Waals surface area contributed by atoms with Crippen molar-refractivity contribution in [2.24, 2.45) is 0 Å². The van der Waals surface area contributed by atoms with Gasteiger partial charge in [-0.1, -0.05) is 0 Å². The fraction of sp³-hybridized carbons (Fsp3) is 0.286. The fourth-order valence-electron chi connectivity index (χ4n) is 0.768. The van der Waals surface area contributed by atoms with E-state index in [2.05, 4.69) is 0 Å². The average molecular weight is 332 g/mol. The van der Waals surface area contributed by atoms with Crippen LogP contribution in [0.25, 0.3) is 0 Å². The normalized spacial score (nSPS) is 7.65. The van der Waals surface area contributed by atoms with Crippen molar-refractivity contribution in [2.75, 3.05) is 7.11 Å². The number of aliphatic carboxylic acids is 3. The van der Waals surface area contributed by atoms with Gasteiger partial charge in [-0.05, 0) is 18.2 Å². The Morgan fingerprint density at radius 3 is 1.57 bits per heavy atom. The molecule has 4 N–H and O–H groups in total. The van der Waals surface area contributed by atoms with Gasteiger partial charge in [0.2, 0.25) is 0 Å². The lowest BCUT2D eigenvalue weighted by molar-refractivity contribution is -0.135. The Morgan fingerprint density at radius 2 is 1.30 bits per heavy atom. The van der Waals surface area contributed by atoms with E-state index in [0.29, 0.717) is 17.6 Å². The molecule has 1 aromatic rings. The molecule has 1 rings (SSSR count). The van der Waals surface area contributed by atoms with E-state index < -0.39 is 17.9 Å². The third kappa shape index (κ3) is 27.9. The summed E-state index contributed by atoms with van der Waals surface area (Å²) in [7, 11) is 1.43. The first-order valence-corrected chi connectivity index (χ1v) is 5.88. The monoisotopic (exact) mass is 332 g/mol. The Labute approximate surface area is 132 Å². The Balaban J connectivity index is -0.000000278. The molecule has 0 aliphatic rings. The summed E-state index contributed by atoms with van der Waals surface area (Å²) in [5.41, 5.74) is 0.486. The molecule has 0 radical (unpaired) electrons. The maximum atomic E-state index is 10.2. The molecule has 0 spiro atoms. The van der Waals surface area contributed by atoms with Gasteiger partial charge in [-0.2, -0.15) is 0 Å². The third-order valence-electron chi connectivity index (χ3n) is 1.34. The van der Waals surface area contributed by atoms with Gasteiger partial charge in [0.05, 0.1) is 7.11 Å². The van der Waals surface area contributed by atoms with Crippen LogP contribution in [0.3, 0.4) is 0 Å². The Bertz CT molecular complexity index is 468. The number of aromatic hydroxyl groups is 1. The quantitative estimate of drug-likeness (QED) is 0.588. The number of hydrogen-bond acceptors (Lipinski definition) is 6. The molecular formula is C14H20O9. The molecule has 0 heterocycles. The molecular weight excluding hydrogens is 312 g/mol. The van der Waals surface area contributed by atoms with Gasteiger partial charge in [-0.25, -0.2) is 0 Å². The minimum atomic E-state index is -0.833. The molecule has 0 fully saturated rings. The highest BCUT2D eigenvalue weighted by Crippen LogP contribution is 2.25. The number of carboxylic acid groups (broad SMARTS) is 3. The third-order valence-corrected chi connectivity index (χ3v) is 1.34. The number of phenolic OH excluding ortho intramolecular Hbond substituents is 1. The van der Waals surface area contributed by atoms with E-state index in [9.17, 15) is 4.79 Å². The highest BCUT2D eigenvalue weighted by molar-refractivity contribution is 5.76. The van der Waals surface area contributed by atoms with Crippen LogP contribution in [0.4, 0.5) is 0 Å². The van der Waals surface area contributed by atoms with Crippen molar-refractivity contribution in [3.63, 3.8) is 0 Å². The number of carbonyl (C=O) groups is 4. The van der Waals surface area contributed by atoms with Crippen LogP contribution in [0.2, 0.25) is 0 Å². The van der Waals surface area contributed by atoms with E-state index in [0.717, 1.165) is 20.8 Å². The Morgan fingerprint density at radius 1 is 0.957 bits per heavy atom. The lowest BCUT2D eigenvalue weighted by atomic mass is 10.2. The molecule has 0 unspecified atom stereocenters. The summed E-state index contributed by atoms with van der Waals surface area (Å²) in [6, 6.07) is 4.41. The van der Waals surface area contributed by atoms with Crippen LogP contribution in [-0.2, 0) is 14.4 Å². The number of carboxylic acids is 3. The lowest BCUT2D eigenvalue weighted by Crippen LogP contribution is -1.85. The Kier molecular flexibility index (Phi) is 16.5. The van der Waals surface area contributed by atoms with Crippen molar-refractivity contribution < 1.29 is 44.3 Å². The van der Waals surface area contributed by atoms with Crippen molar-refractivity contribution in [1.29, 1.82) is 0 Å². The molecule has 0 aliphatic carbocycles. The summed E-state index contributed by atoms with van der Waals surface area (Å²) in [5.74, 6) is -2.15. The van der Waals surface area contributed by atoms with Gasteiger partial charge in [0.15, 0.2) is 11.5 Å². The van der Waals surface area contributed by atoms with E-state index in [1.165, 1.54) is 25.3 Å². The number of benzene rings is 1. The maximum Gasteiger partial charge on any atom is 0.300 e. The summed E-state index contributed by atoms with van der Waals surface area (Å²) in [4.78, 5) is 37.2. The molecule has 0 saturated heterocycles. The number of phenols is 1. The van der Waals surface area contributed by atoms with Crippen molar-refractivity contribution in [2.45, 2.75) is 20.8 Å². The summed E-state index contributed by atoms with van der Waals surface area (Å²) in [6.07, 6.45) is 0.696. The SMILES string of the molecule is CC(=O)O.CC(=O)O.CC(=O)O.COc1cc(C=O)ccc1O. The first kappa shape index (κ1) is 24.9. The van der Waals surface area contributed by atoms with Crippen LogP contribution >= 0.6 is 0 Å². The summed E-state index contributed by atoms with van der Waals surface area (Å²) in [5, 5.41) is 31.3. The van der Waals surface area contributed by atoms with Crippen LogP contribution in [0, 0.1) is 0 Å². The molecule has 130 valence electrons. The fourth-order valence-corrected chi connectivity index (χ4v) is 0.768. The lowest BCUT2D eigenvalue weighted by Gasteiger charge is -2.01. The molecule has 0 amide bonds. The van der Waals surface area contributed by atoms with Crippen molar-refractivity contribution in [3.05, 3.63) is 23.8 Å².